The summed E-state index contributed by atoms with van der Waals surface area (Å²) in [7, 11) is 0. The fourth-order valence-electron chi connectivity index (χ4n) is 9.38. The molecule has 0 heterocycles. The maximum absolute atomic E-state index is 17.7. The van der Waals surface area contributed by atoms with Gasteiger partial charge in [0.1, 0.15) is 6.61 Å². The van der Waals surface area contributed by atoms with Crippen LogP contribution in [0.4, 0.5) is 4.39 Å². The van der Waals surface area contributed by atoms with Crippen molar-refractivity contribution in [2.24, 2.45) is 28.6 Å². The van der Waals surface area contributed by atoms with Gasteiger partial charge in [0.05, 0.1) is 12.5 Å². The van der Waals surface area contributed by atoms with E-state index < -0.39 is 75.4 Å². The van der Waals surface area contributed by atoms with E-state index in [9.17, 15) is 34.4 Å². The molecular weight excluding hydrogens is 625 g/mol. The van der Waals surface area contributed by atoms with E-state index in [0.717, 1.165) is 6.42 Å². The number of carbonyl (C=O) groups excluding carboxylic acids is 4. The number of ketones is 2. The van der Waals surface area contributed by atoms with Crippen molar-refractivity contribution in [3.05, 3.63) is 69.3 Å². The normalized spacial score (nSPS) is 35.0. The largest absolute Gasteiger partial charge is 0.457 e. The molecule has 0 aliphatic heterocycles. The number of aliphatic hydroxyl groups is 1. The van der Waals surface area contributed by atoms with E-state index in [1.165, 1.54) is 12.2 Å². The molecule has 0 aromatic heterocycles. The maximum atomic E-state index is 17.7. The van der Waals surface area contributed by atoms with Gasteiger partial charge in [-0.25, -0.2) is 4.39 Å². The molecule has 2 unspecified atom stereocenters. The van der Waals surface area contributed by atoms with Gasteiger partial charge in [0, 0.05) is 29.1 Å². The minimum atomic E-state index is -2.13. The number of rotatable bonds is 12. The topological polar surface area (TPSA) is 159 Å². The Kier molecular flexibility index (Phi) is 9.71. The zero-order chi connectivity index (χ0) is 35.1. The number of benzene rings is 1. The lowest BCUT2D eigenvalue weighted by Gasteiger charge is -2.62. The summed E-state index contributed by atoms with van der Waals surface area (Å²) in [5, 5.41) is 21.4. The third-order valence-electron chi connectivity index (χ3n) is 11.6. The highest BCUT2D eigenvalue weighted by atomic mass is 19.1. The lowest BCUT2D eigenvalue weighted by atomic mass is 9.44. The first-order valence-corrected chi connectivity index (χ1v) is 16.7. The Balaban J connectivity index is 1.42. The molecular formula is C36H44FNO10. The van der Waals surface area contributed by atoms with Crippen LogP contribution in [0.1, 0.15) is 83.8 Å². The predicted molar refractivity (Wildman–Crippen MR) is 169 cm³/mol. The van der Waals surface area contributed by atoms with Crippen molar-refractivity contribution < 1.29 is 48.1 Å². The average Bonchev–Trinajstić information content (AvgIpc) is 3.25. The number of esters is 2. The van der Waals surface area contributed by atoms with E-state index in [-0.39, 0.29) is 31.7 Å². The predicted octanol–water partition coefficient (Wildman–Crippen LogP) is 5.14. The number of aliphatic hydroxyl groups excluding tert-OH is 1. The molecule has 4 aliphatic carbocycles. The average molecular weight is 670 g/mol. The summed E-state index contributed by atoms with van der Waals surface area (Å²) in [6, 6.07) is 6.41. The van der Waals surface area contributed by atoms with Crippen molar-refractivity contribution in [2.45, 2.75) is 103 Å². The second-order valence-electron chi connectivity index (χ2n) is 14.3. The molecule has 3 fully saturated rings. The van der Waals surface area contributed by atoms with Crippen LogP contribution in [0.5, 0.6) is 0 Å². The molecule has 11 nitrogen and oxygen atoms in total. The second-order valence-corrected chi connectivity index (χ2v) is 14.3. The zero-order valence-electron chi connectivity index (χ0n) is 27.9. The second kappa shape index (κ2) is 13.2. The van der Waals surface area contributed by atoms with Crippen LogP contribution in [0.3, 0.4) is 0 Å². The summed E-state index contributed by atoms with van der Waals surface area (Å²) >= 11 is 0. The van der Waals surface area contributed by atoms with Gasteiger partial charge in [-0.3, -0.25) is 19.2 Å². The first kappa shape index (κ1) is 35.4. The Morgan fingerprint density at radius 3 is 2.58 bits per heavy atom. The Bertz CT molecular complexity index is 1560. The maximum Gasteiger partial charge on any atom is 0.310 e. The van der Waals surface area contributed by atoms with E-state index in [2.05, 4.69) is 4.84 Å². The number of ether oxygens (including phenoxy) is 2. The molecule has 12 heteroatoms. The fourth-order valence-corrected chi connectivity index (χ4v) is 9.38. The number of nitrogens with zero attached hydrogens (tertiary/aromatic N) is 1. The summed E-state index contributed by atoms with van der Waals surface area (Å²) < 4.78 is 29.4. The molecule has 3 saturated carbocycles. The number of carbonyl (C=O) groups is 4. The van der Waals surface area contributed by atoms with Gasteiger partial charge < -0.3 is 19.4 Å². The molecule has 0 bridgehead atoms. The highest BCUT2D eigenvalue weighted by molar-refractivity contribution is 6.01. The van der Waals surface area contributed by atoms with Crippen LogP contribution in [-0.4, -0.2) is 57.7 Å². The van der Waals surface area contributed by atoms with Crippen LogP contribution in [0.2, 0.25) is 0 Å². The molecule has 0 amide bonds. The van der Waals surface area contributed by atoms with Gasteiger partial charge in [0.2, 0.25) is 5.78 Å². The van der Waals surface area contributed by atoms with Crippen LogP contribution in [0.15, 0.2) is 48.1 Å². The molecule has 0 radical (unpaired) electrons. The number of allylic oxidation sites excluding steroid dienone is 4. The first-order valence-electron chi connectivity index (χ1n) is 16.7. The van der Waals surface area contributed by atoms with E-state index in [1.54, 1.807) is 51.1 Å². The quantitative estimate of drug-likeness (QED) is 0.179. The molecule has 0 spiro atoms. The number of fused-ring (bicyclic) bond motifs is 5. The number of unbranched alkanes of at least 4 members (excludes halogenated alkanes) is 1. The Labute approximate surface area is 279 Å². The third-order valence-corrected chi connectivity index (χ3v) is 11.6. The van der Waals surface area contributed by atoms with E-state index in [0.29, 0.717) is 42.4 Å². The third kappa shape index (κ3) is 5.75. The smallest absolute Gasteiger partial charge is 0.310 e. The van der Waals surface area contributed by atoms with Gasteiger partial charge in [-0.2, -0.15) is 0 Å². The standard InChI is InChI=1S/C36H44FNO10/c1-5-6-10-31(42)48-36(30(41)21-46-32(43)17-23-8-7-9-24(16-23)20-47-38(44)45)22(2)15-28-27-12-11-25-18-26(39)13-14-33(25,3)35(27,37)29(40)19-34(28,36)4/h7-9,13-14,16,18,22,27-29,40H,5-6,10-12,15,17,19-21H2,1-4H3/t22-,27?,28?,29-,33-,34-,35-,36-/m0/s1. The number of hydrogen-bond donors (Lipinski definition) is 1. The molecule has 1 aromatic rings. The number of halogens is 1. The molecule has 0 saturated heterocycles. The molecule has 1 aromatic carbocycles. The van der Waals surface area contributed by atoms with Crippen LogP contribution in [0, 0.1) is 38.7 Å². The van der Waals surface area contributed by atoms with Gasteiger partial charge >= 0.3 is 11.9 Å². The van der Waals surface area contributed by atoms with Crippen LogP contribution in [-0.2, 0) is 46.5 Å². The monoisotopic (exact) mass is 669 g/mol. The molecule has 4 aliphatic rings. The van der Waals surface area contributed by atoms with Gasteiger partial charge in [0.15, 0.2) is 23.7 Å². The lowest BCUT2D eigenvalue weighted by molar-refractivity contribution is -0.763. The van der Waals surface area contributed by atoms with E-state index in [1.807, 2.05) is 6.92 Å². The SMILES string of the molecule is CCCCC(=O)O[C@]1(C(=O)COC(=O)Cc2cccc(CO[N+](=O)[O-])c2)[C@@H](C)CC2C3CCC4=CC(=O)C=C[C@]4(C)[C@@]3(F)[C@@H](O)C[C@@]21C. The number of hydrogen-bond acceptors (Lipinski definition) is 10. The molecule has 5 rings (SSSR count). The first-order chi connectivity index (χ1) is 22.6. The fraction of sp³-hybridized carbons (Fsp3) is 0.611. The van der Waals surface area contributed by atoms with Gasteiger partial charge in [-0.15, -0.1) is 10.1 Å². The van der Waals surface area contributed by atoms with Crippen molar-refractivity contribution in [1.29, 1.82) is 0 Å². The minimum Gasteiger partial charge on any atom is -0.457 e. The minimum absolute atomic E-state index is 0.0688. The molecule has 260 valence electrons. The molecule has 1 N–H and O–H groups in total. The summed E-state index contributed by atoms with van der Waals surface area (Å²) in [5.41, 5.74) is -4.73. The van der Waals surface area contributed by atoms with Crippen molar-refractivity contribution in [1.82, 2.24) is 0 Å². The molecule has 48 heavy (non-hydrogen) atoms. The van der Waals surface area contributed by atoms with Gasteiger partial charge in [-0.05, 0) is 68.2 Å². The van der Waals surface area contributed by atoms with Crippen molar-refractivity contribution in [2.75, 3.05) is 6.61 Å². The summed E-state index contributed by atoms with van der Waals surface area (Å²) in [4.78, 5) is 67.8. The highest BCUT2D eigenvalue weighted by Gasteiger charge is 2.77. The van der Waals surface area contributed by atoms with Gasteiger partial charge in [0.25, 0.3) is 5.09 Å². The van der Waals surface area contributed by atoms with Crippen LogP contribution < -0.4 is 0 Å². The van der Waals surface area contributed by atoms with Gasteiger partial charge in [-0.1, -0.05) is 63.1 Å². The van der Waals surface area contributed by atoms with E-state index >= 15 is 4.39 Å². The van der Waals surface area contributed by atoms with E-state index in [4.69, 9.17) is 9.47 Å². The lowest BCUT2D eigenvalue weighted by Crippen LogP contribution is -2.70. The van der Waals surface area contributed by atoms with Crippen molar-refractivity contribution in [3.8, 4) is 0 Å². The van der Waals surface area contributed by atoms with Crippen LogP contribution in [0.25, 0.3) is 0 Å². The van der Waals surface area contributed by atoms with Crippen molar-refractivity contribution in [3.63, 3.8) is 0 Å². The molecule has 8 atom stereocenters. The number of Topliss-reactive ketones (excluding diaryl/α,β-unsaturated/α-hetero) is 1. The Morgan fingerprint density at radius 1 is 1.15 bits per heavy atom. The zero-order valence-corrected chi connectivity index (χ0v) is 27.9. The summed E-state index contributed by atoms with van der Waals surface area (Å²) in [5.74, 6) is -3.91. The van der Waals surface area contributed by atoms with Crippen molar-refractivity contribution >= 4 is 23.5 Å². The Morgan fingerprint density at radius 2 is 1.88 bits per heavy atom. The van der Waals surface area contributed by atoms with Crippen LogP contribution >= 0.6 is 0 Å². The Hall–Kier alpha value is -3.93. The summed E-state index contributed by atoms with van der Waals surface area (Å²) in [6.45, 7) is 6.21. The number of alkyl halides is 1. The summed E-state index contributed by atoms with van der Waals surface area (Å²) in [6.07, 6.45) is 4.88. The highest BCUT2D eigenvalue weighted by Crippen LogP contribution is 2.71.